The highest BCUT2D eigenvalue weighted by Crippen LogP contribution is 2.43. The van der Waals surface area contributed by atoms with Gasteiger partial charge in [0.15, 0.2) is 11.5 Å². The SMILES string of the molecule is CCCOc1ccc([C@@H]2C(=C(O)c3ccc4c(c3)C[C@@H](C)O4)C(=O)C(=O)N2CCCn2ccnc2)cc1OCC. The van der Waals surface area contributed by atoms with Crippen LogP contribution in [0.4, 0.5) is 0 Å². The standard InChI is InChI=1S/C31H35N3O6/c1-4-15-39-25-10-7-21(18-26(25)38-5-2)28-27(29(35)22-8-9-24-23(17-22)16-20(3)40-24)30(36)31(37)34(28)13-6-12-33-14-11-32-19-33/h7-11,14,17-20,28,35H,4-6,12-13,15-16H2,1-3H3/t20-,28-/m1/s1. The fraction of sp³-hybridized carbons (Fsp3) is 0.387. The monoisotopic (exact) mass is 545 g/mol. The molecule has 0 saturated carbocycles. The Kier molecular flexibility index (Phi) is 8.09. The lowest BCUT2D eigenvalue weighted by molar-refractivity contribution is -0.139. The third-order valence-corrected chi connectivity index (χ3v) is 7.13. The Morgan fingerprint density at radius 1 is 1.10 bits per heavy atom. The van der Waals surface area contributed by atoms with Gasteiger partial charge in [-0.25, -0.2) is 4.98 Å². The predicted octanol–water partition coefficient (Wildman–Crippen LogP) is 4.91. The lowest BCUT2D eigenvalue weighted by Gasteiger charge is -2.26. The number of rotatable bonds is 11. The first-order chi connectivity index (χ1) is 19.4. The molecule has 40 heavy (non-hydrogen) atoms. The second kappa shape index (κ2) is 11.9. The molecule has 3 heterocycles. The van der Waals surface area contributed by atoms with Crippen LogP contribution >= 0.6 is 0 Å². The number of fused-ring (bicyclic) bond motifs is 1. The summed E-state index contributed by atoms with van der Waals surface area (Å²) in [6.07, 6.45) is 7.46. The number of likely N-dealkylation sites (tertiary alicyclic amines) is 1. The molecule has 2 aliphatic heterocycles. The highest BCUT2D eigenvalue weighted by atomic mass is 16.5. The van der Waals surface area contributed by atoms with Gasteiger partial charge >= 0.3 is 0 Å². The summed E-state index contributed by atoms with van der Waals surface area (Å²) in [5.74, 6) is 0.342. The van der Waals surface area contributed by atoms with Gasteiger partial charge in [-0.05, 0) is 68.1 Å². The van der Waals surface area contributed by atoms with Gasteiger partial charge in [0.1, 0.15) is 17.6 Å². The van der Waals surface area contributed by atoms with Crippen molar-refractivity contribution in [3.8, 4) is 17.2 Å². The minimum absolute atomic E-state index is 0.0406. The molecule has 2 aliphatic rings. The van der Waals surface area contributed by atoms with Crippen LogP contribution in [0.25, 0.3) is 5.76 Å². The molecule has 210 valence electrons. The highest BCUT2D eigenvalue weighted by Gasteiger charge is 2.46. The van der Waals surface area contributed by atoms with E-state index in [2.05, 4.69) is 4.98 Å². The third-order valence-electron chi connectivity index (χ3n) is 7.13. The molecule has 0 spiro atoms. The molecule has 1 aromatic heterocycles. The zero-order chi connectivity index (χ0) is 28.2. The Bertz CT molecular complexity index is 1410. The van der Waals surface area contributed by atoms with Crippen molar-refractivity contribution >= 4 is 17.4 Å². The Morgan fingerprint density at radius 3 is 2.70 bits per heavy atom. The number of ether oxygens (including phenoxy) is 3. The molecule has 5 rings (SSSR count). The van der Waals surface area contributed by atoms with Crippen molar-refractivity contribution < 1.29 is 28.9 Å². The number of carbonyl (C=O) groups excluding carboxylic acids is 2. The maximum Gasteiger partial charge on any atom is 0.295 e. The molecule has 0 aliphatic carbocycles. The quantitative estimate of drug-likeness (QED) is 0.208. The summed E-state index contributed by atoms with van der Waals surface area (Å²) < 4.78 is 19.5. The molecule has 0 bridgehead atoms. The van der Waals surface area contributed by atoms with Crippen LogP contribution in [0.15, 0.2) is 60.7 Å². The summed E-state index contributed by atoms with van der Waals surface area (Å²) in [6.45, 7) is 7.80. The fourth-order valence-corrected chi connectivity index (χ4v) is 5.32. The van der Waals surface area contributed by atoms with E-state index in [0.717, 1.165) is 17.7 Å². The first-order valence-electron chi connectivity index (χ1n) is 13.8. The van der Waals surface area contributed by atoms with Gasteiger partial charge in [0.2, 0.25) is 0 Å². The fourth-order valence-electron chi connectivity index (χ4n) is 5.32. The largest absolute Gasteiger partial charge is 0.507 e. The molecule has 1 N–H and O–H groups in total. The van der Waals surface area contributed by atoms with Crippen LogP contribution in [0.1, 0.15) is 56.3 Å². The number of nitrogens with zero attached hydrogens (tertiary/aromatic N) is 3. The molecule has 0 unspecified atom stereocenters. The zero-order valence-electron chi connectivity index (χ0n) is 23.1. The molecule has 2 aromatic carbocycles. The summed E-state index contributed by atoms with van der Waals surface area (Å²) in [7, 11) is 0. The number of amides is 1. The van der Waals surface area contributed by atoms with Crippen molar-refractivity contribution in [1.82, 2.24) is 14.5 Å². The van der Waals surface area contributed by atoms with E-state index < -0.39 is 17.7 Å². The molecular weight excluding hydrogens is 510 g/mol. The first kappa shape index (κ1) is 27.3. The van der Waals surface area contributed by atoms with Crippen LogP contribution in [-0.4, -0.2) is 57.1 Å². The average Bonchev–Trinajstić information content (AvgIpc) is 3.66. The summed E-state index contributed by atoms with van der Waals surface area (Å²) in [5.41, 5.74) is 2.16. The first-order valence-corrected chi connectivity index (χ1v) is 13.8. The number of carbonyl (C=O) groups is 2. The van der Waals surface area contributed by atoms with Gasteiger partial charge in [0.05, 0.1) is 31.2 Å². The summed E-state index contributed by atoms with van der Waals surface area (Å²) in [4.78, 5) is 32.5. The second-order valence-electron chi connectivity index (χ2n) is 10.1. The van der Waals surface area contributed by atoms with Crippen molar-refractivity contribution in [3.05, 3.63) is 77.4 Å². The number of aryl methyl sites for hydroxylation is 1. The van der Waals surface area contributed by atoms with E-state index in [9.17, 15) is 14.7 Å². The number of aromatic nitrogens is 2. The molecule has 2 atom stereocenters. The van der Waals surface area contributed by atoms with Crippen LogP contribution in [0, 0.1) is 0 Å². The van der Waals surface area contributed by atoms with Crippen molar-refractivity contribution in [3.63, 3.8) is 0 Å². The number of benzene rings is 2. The predicted molar refractivity (Wildman–Crippen MR) is 149 cm³/mol. The van der Waals surface area contributed by atoms with E-state index in [-0.39, 0.29) is 17.4 Å². The molecule has 0 radical (unpaired) electrons. The minimum Gasteiger partial charge on any atom is -0.507 e. The van der Waals surface area contributed by atoms with Gasteiger partial charge in [-0.1, -0.05) is 13.0 Å². The normalized spacial score (nSPS) is 19.5. The van der Waals surface area contributed by atoms with E-state index >= 15 is 0 Å². The summed E-state index contributed by atoms with van der Waals surface area (Å²) in [6, 6.07) is 10.0. The number of hydrogen-bond donors (Lipinski definition) is 1. The summed E-state index contributed by atoms with van der Waals surface area (Å²) >= 11 is 0. The Balaban J connectivity index is 1.56. The molecule has 1 saturated heterocycles. The van der Waals surface area contributed by atoms with Gasteiger partial charge < -0.3 is 28.8 Å². The van der Waals surface area contributed by atoms with E-state index in [0.29, 0.717) is 61.8 Å². The van der Waals surface area contributed by atoms with E-state index in [1.807, 2.05) is 43.7 Å². The van der Waals surface area contributed by atoms with Crippen molar-refractivity contribution in [2.24, 2.45) is 0 Å². The van der Waals surface area contributed by atoms with Crippen LogP contribution in [0.3, 0.4) is 0 Å². The van der Waals surface area contributed by atoms with Crippen LogP contribution in [0.5, 0.6) is 17.2 Å². The van der Waals surface area contributed by atoms with E-state index in [1.54, 1.807) is 41.7 Å². The minimum atomic E-state index is -0.786. The average molecular weight is 546 g/mol. The highest BCUT2D eigenvalue weighted by molar-refractivity contribution is 6.46. The van der Waals surface area contributed by atoms with Crippen molar-refractivity contribution in [2.75, 3.05) is 19.8 Å². The van der Waals surface area contributed by atoms with Crippen LogP contribution in [0.2, 0.25) is 0 Å². The van der Waals surface area contributed by atoms with Crippen LogP contribution in [-0.2, 0) is 22.6 Å². The smallest absolute Gasteiger partial charge is 0.295 e. The van der Waals surface area contributed by atoms with Crippen molar-refractivity contribution in [1.29, 1.82) is 0 Å². The number of ketones is 1. The zero-order valence-corrected chi connectivity index (χ0v) is 23.1. The molecule has 9 heteroatoms. The number of Topliss-reactive ketones (excluding diaryl/α,β-unsaturated/α-hetero) is 1. The number of aliphatic hydroxyl groups excluding tert-OH is 1. The number of imidazole rings is 1. The topological polar surface area (TPSA) is 103 Å². The molecule has 1 amide bonds. The second-order valence-corrected chi connectivity index (χ2v) is 10.1. The lowest BCUT2D eigenvalue weighted by Crippen LogP contribution is -2.31. The van der Waals surface area contributed by atoms with Crippen LogP contribution < -0.4 is 14.2 Å². The molecule has 3 aromatic rings. The van der Waals surface area contributed by atoms with E-state index in [4.69, 9.17) is 14.2 Å². The molecule has 9 nitrogen and oxygen atoms in total. The van der Waals surface area contributed by atoms with E-state index in [1.165, 1.54) is 0 Å². The van der Waals surface area contributed by atoms with Gasteiger partial charge in [-0.2, -0.15) is 0 Å². The molecular formula is C31H35N3O6. The molecule has 1 fully saturated rings. The number of aliphatic hydroxyl groups is 1. The van der Waals surface area contributed by atoms with Gasteiger partial charge in [-0.15, -0.1) is 0 Å². The van der Waals surface area contributed by atoms with Crippen molar-refractivity contribution in [2.45, 2.75) is 58.7 Å². The van der Waals surface area contributed by atoms with Gasteiger partial charge in [-0.3, -0.25) is 9.59 Å². The summed E-state index contributed by atoms with van der Waals surface area (Å²) in [5, 5.41) is 11.5. The third kappa shape index (κ3) is 5.41. The Morgan fingerprint density at radius 2 is 1.95 bits per heavy atom. The van der Waals surface area contributed by atoms with Gasteiger partial charge in [0.25, 0.3) is 11.7 Å². The van der Waals surface area contributed by atoms with Gasteiger partial charge in [0, 0.05) is 37.5 Å². The lowest BCUT2D eigenvalue weighted by atomic mass is 9.94. The number of hydrogen-bond acceptors (Lipinski definition) is 7. The maximum absolute atomic E-state index is 13.5. The Labute approximate surface area is 234 Å². The Hall–Kier alpha value is -4.27. The maximum atomic E-state index is 13.5.